The molecule has 0 bridgehead atoms. The molecule has 2 rings (SSSR count). The lowest BCUT2D eigenvalue weighted by molar-refractivity contribution is 0.0467. The monoisotopic (exact) mass is 278 g/mol. The van der Waals surface area contributed by atoms with E-state index < -0.39 is 11.8 Å². The third-order valence-electron chi connectivity index (χ3n) is 2.62. The van der Waals surface area contributed by atoms with Gasteiger partial charge in [0.15, 0.2) is 0 Å². The number of aryl methyl sites for hydroxylation is 1. The molecule has 0 aliphatic rings. The van der Waals surface area contributed by atoms with Crippen LogP contribution in [0.5, 0.6) is 0 Å². The van der Waals surface area contributed by atoms with Crippen molar-refractivity contribution in [1.29, 1.82) is 0 Å². The topological polar surface area (TPSA) is 26.3 Å². The van der Waals surface area contributed by atoms with Crippen LogP contribution >= 0.6 is 11.6 Å². The van der Waals surface area contributed by atoms with Crippen LogP contribution in [0.4, 0.5) is 4.39 Å². The van der Waals surface area contributed by atoms with Crippen molar-refractivity contribution < 1.29 is 13.9 Å². The van der Waals surface area contributed by atoms with Gasteiger partial charge < -0.3 is 4.74 Å². The quantitative estimate of drug-likeness (QED) is 0.789. The third kappa shape index (κ3) is 3.55. The molecule has 0 amide bonds. The molecule has 0 saturated heterocycles. The zero-order valence-electron chi connectivity index (χ0n) is 10.3. The molecule has 2 aromatic rings. The number of esters is 1. The second-order valence-corrected chi connectivity index (χ2v) is 4.62. The maximum Gasteiger partial charge on any atom is 0.341 e. The van der Waals surface area contributed by atoms with Crippen LogP contribution in [-0.4, -0.2) is 5.97 Å². The Balaban J connectivity index is 2.05. The highest BCUT2D eigenvalue weighted by atomic mass is 35.5. The van der Waals surface area contributed by atoms with Crippen LogP contribution in [0.15, 0.2) is 42.5 Å². The fraction of sp³-hybridized carbons (Fsp3) is 0.133. The van der Waals surface area contributed by atoms with Gasteiger partial charge in [-0.2, -0.15) is 0 Å². The van der Waals surface area contributed by atoms with Crippen molar-refractivity contribution in [3.63, 3.8) is 0 Å². The largest absolute Gasteiger partial charge is 0.457 e. The van der Waals surface area contributed by atoms with E-state index in [-0.39, 0.29) is 12.2 Å². The molecular formula is C15H12ClFO2. The first-order chi connectivity index (χ1) is 9.06. The second kappa shape index (κ2) is 5.85. The lowest BCUT2D eigenvalue weighted by atomic mass is 10.1. The van der Waals surface area contributed by atoms with Gasteiger partial charge in [-0.1, -0.05) is 35.4 Å². The van der Waals surface area contributed by atoms with E-state index in [1.54, 1.807) is 37.3 Å². The maximum absolute atomic E-state index is 13.5. The highest BCUT2D eigenvalue weighted by molar-refractivity contribution is 6.30. The smallest absolute Gasteiger partial charge is 0.341 e. The summed E-state index contributed by atoms with van der Waals surface area (Å²) in [4.78, 5) is 11.8. The fourth-order valence-electron chi connectivity index (χ4n) is 1.60. The molecule has 0 N–H and O–H groups in total. The molecule has 0 spiro atoms. The fourth-order valence-corrected chi connectivity index (χ4v) is 1.73. The van der Waals surface area contributed by atoms with Crippen molar-refractivity contribution in [2.75, 3.05) is 0 Å². The van der Waals surface area contributed by atoms with Gasteiger partial charge in [0.25, 0.3) is 0 Å². The van der Waals surface area contributed by atoms with Gasteiger partial charge in [0.1, 0.15) is 12.4 Å². The standard InChI is InChI=1S/C15H12ClFO2/c1-10-2-7-14(17)13(8-10)15(18)19-9-11-3-5-12(16)6-4-11/h2-8H,9H2,1H3. The van der Waals surface area contributed by atoms with Crippen LogP contribution < -0.4 is 0 Å². The molecule has 4 heteroatoms. The van der Waals surface area contributed by atoms with Crippen LogP contribution in [0.2, 0.25) is 5.02 Å². The summed E-state index contributed by atoms with van der Waals surface area (Å²) < 4.78 is 18.5. The molecule has 0 radical (unpaired) electrons. The van der Waals surface area contributed by atoms with E-state index in [1.807, 2.05) is 0 Å². The molecule has 19 heavy (non-hydrogen) atoms. The number of halogens is 2. The lowest BCUT2D eigenvalue weighted by Crippen LogP contribution is -2.07. The van der Waals surface area contributed by atoms with Crippen molar-refractivity contribution >= 4 is 17.6 Å². The molecule has 0 unspecified atom stereocenters. The molecule has 2 nitrogen and oxygen atoms in total. The van der Waals surface area contributed by atoms with Gasteiger partial charge in [-0.3, -0.25) is 0 Å². The number of benzene rings is 2. The molecule has 0 saturated carbocycles. The molecule has 98 valence electrons. The van der Waals surface area contributed by atoms with Crippen LogP contribution in [0.3, 0.4) is 0 Å². The summed E-state index contributed by atoms with van der Waals surface area (Å²) in [5, 5.41) is 0.611. The van der Waals surface area contributed by atoms with E-state index in [9.17, 15) is 9.18 Å². The number of carbonyl (C=O) groups excluding carboxylic acids is 1. The van der Waals surface area contributed by atoms with Crippen molar-refractivity contribution in [3.05, 3.63) is 70.0 Å². The van der Waals surface area contributed by atoms with Gasteiger partial charge in [-0.05, 0) is 36.8 Å². The van der Waals surface area contributed by atoms with Crippen molar-refractivity contribution in [1.82, 2.24) is 0 Å². The summed E-state index contributed by atoms with van der Waals surface area (Å²) >= 11 is 5.75. The van der Waals surface area contributed by atoms with Gasteiger partial charge in [0.05, 0.1) is 5.56 Å². The predicted octanol–water partition coefficient (Wildman–Crippen LogP) is 4.14. The highest BCUT2D eigenvalue weighted by Gasteiger charge is 2.13. The van der Waals surface area contributed by atoms with Crippen molar-refractivity contribution in [2.45, 2.75) is 13.5 Å². The summed E-state index contributed by atoms with van der Waals surface area (Å²) in [5.74, 6) is -1.25. The Morgan fingerprint density at radius 1 is 1.21 bits per heavy atom. The Hall–Kier alpha value is -1.87. The Morgan fingerprint density at radius 3 is 2.58 bits per heavy atom. The second-order valence-electron chi connectivity index (χ2n) is 4.19. The predicted molar refractivity (Wildman–Crippen MR) is 71.7 cm³/mol. The Morgan fingerprint density at radius 2 is 1.89 bits per heavy atom. The average Bonchev–Trinajstić information content (AvgIpc) is 2.40. The maximum atomic E-state index is 13.5. The van der Waals surface area contributed by atoms with Gasteiger partial charge in [0, 0.05) is 5.02 Å². The first kappa shape index (κ1) is 13.6. The van der Waals surface area contributed by atoms with Gasteiger partial charge in [-0.25, -0.2) is 9.18 Å². The van der Waals surface area contributed by atoms with Gasteiger partial charge >= 0.3 is 5.97 Å². The molecular weight excluding hydrogens is 267 g/mol. The SMILES string of the molecule is Cc1ccc(F)c(C(=O)OCc2ccc(Cl)cc2)c1. The van der Waals surface area contributed by atoms with Crippen molar-refractivity contribution in [3.8, 4) is 0 Å². The summed E-state index contributed by atoms with van der Waals surface area (Å²) in [7, 11) is 0. The molecule has 0 fully saturated rings. The zero-order chi connectivity index (χ0) is 13.8. The number of hydrogen-bond acceptors (Lipinski definition) is 2. The Kier molecular flexibility index (Phi) is 4.17. The van der Waals surface area contributed by atoms with Crippen molar-refractivity contribution in [2.24, 2.45) is 0 Å². The van der Waals surface area contributed by atoms with E-state index in [2.05, 4.69) is 0 Å². The number of hydrogen-bond donors (Lipinski definition) is 0. The minimum atomic E-state index is -0.670. The number of rotatable bonds is 3. The Labute approximate surface area is 115 Å². The minimum Gasteiger partial charge on any atom is -0.457 e. The van der Waals surface area contributed by atoms with Crippen LogP contribution in [0, 0.1) is 12.7 Å². The van der Waals surface area contributed by atoms with Crippen LogP contribution in [-0.2, 0) is 11.3 Å². The summed E-state index contributed by atoms with van der Waals surface area (Å²) in [6, 6.07) is 11.2. The summed E-state index contributed by atoms with van der Waals surface area (Å²) in [6.07, 6.45) is 0. The first-order valence-corrected chi connectivity index (χ1v) is 6.12. The van der Waals surface area contributed by atoms with E-state index in [0.717, 1.165) is 11.1 Å². The van der Waals surface area contributed by atoms with Crippen LogP contribution in [0.1, 0.15) is 21.5 Å². The zero-order valence-corrected chi connectivity index (χ0v) is 11.1. The molecule has 2 aromatic carbocycles. The molecule has 0 aliphatic carbocycles. The highest BCUT2D eigenvalue weighted by Crippen LogP contribution is 2.14. The van der Waals surface area contributed by atoms with E-state index >= 15 is 0 Å². The molecule has 0 atom stereocenters. The van der Waals surface area contributed by atoms with E-state index in [4.69, 9.17) is 16.3 Å². The number of ether oxygens (including phenoxy) is 1. The van der Waals surface area contributed by atoms with Gasteiger partial charge in [0.2, 0.25) is 0 Å². The molecule has 0 aliphatic heterocycles. The molecule has 0 heterocycles. The number of carbonyl (C=O) groups is 1. The summed E-state index contributed by atoms with van der Waals surface area (Å²) in [5.41, 5.74) is 1.56. The Bertz CT molecular complexity index is 594. The van der Waals surface area contributed by atoms with Gasteiger partial charge in [-0.15, -0.1) is 0 Å². The average molecular weight is 279 g/mol. The first-order valence-electron chi connectivity index (χ1n) is 5.74. The molecule has 0 aromatic heterocycles. The summed E-state index contributed by atoms with van der Waals surface area (Å²) in [6.45, 7) is 1.87. The minimum absolute atomic E-state index is 0.0473. The third-order valence-corrected chi connectivity index (χ3v) is 2.88. The lowest BCUT2D eigenvalue weighted by Gasteiger charge is -2.06. The van der Waals surface area contributed by atoms with E-state index in [1.165, 1.54) is 12.1 Å². The van der Waals surface area contributed by atoms with Crippen LogP contribution in [0.25, 0.3) is 0 Å². The normalized spacial score (nSPS) is 10.3. The van der Waals surface area contributed by atoms with E-state index in [0.29, 0.717) is 5.02 Å².